The topological polar surface area (TPSA) is 64.2 Å². The van der Waals surface area contributed by atoms with Crippen molar-refractivity contribution in [2.75, 3.05) is 13.6 Å². The largest absolute Gasteiger partial charge is 0.344 e. The van der Waals surface area contributed by atoms with Crippen LogP contribution in [0.15, 0.2) is 12.4 Å². The first-order valence-electron chi connectivity index (χ1n) is 5.05. The van der Waals surface area contributed by atoms with E-state index < -0.39 is 6.04 Å². The van der Waals surface area contributed by atoms with E-state index in [1.54, 1.807) is 36.1 Å². The van der Waals surface area contributed by atoms with Crippen molar-refractivity contribution in [3.05, 3.63) is 18.0 Å². The lowest BCUT2D eigenvalue weighted by Gasteiger charge is -2.19. The van der Waals surface area contributed by atoms with E-state index in [9.17, 15) is 4.79 Å². The molecule has 0 bridgehead atoms. The average Bonchev–Trinajstić information content (AvgIpc) is 2.63. The van der Waals surface area contributed by atoms with Crippen molar-refractivity contribution in [2.45, 2.75) is 19.4 Å². The minimum Gasteiger partial charge on any atom is -0.344 e. The average molecular weight is 210 g/mol. The minimum absolute atomic E-state index is 0.0650. The number of nitrogens with two attached hydrogens (primary N) is 1. The fraction of sp³-hybridized carbons (Fsp3) is 0.600. The van der Waals surface area contributed by atoms with Gasteiger partial charge in [-0.2, -0.15) is 5.10 Å². The van der Waals surface area contributed by atoms with E-state index in [0.29, 0.717) is 0 Å². The molecule has 84 valence electrons. The molecule has 0 saturated heterocycles. The van der Waals surface area contributed by atoms with E-state index in [4.69, 9.17) is 5.73 Å². The highest BCUT2D eigenvalue weighted by molar-refractivity contribution is 5.82. The van der Waals surface area contributed by atoms with Gasteiger partial charge in [-0.3, -0.25) is 9.48 Å². The molecule has 1 amide bonds. The van der Waals surface area contributed by atoms with Crippen molar-refractivity contribution < 1.29 is 4.79 Å². The zero-order valence-corrected chi connectivity index (χ0v) is 9.47. The Morgan fingerprint density at radius 1 is 1.73 bits per heavy atom. The summed E-state index contributed by atoms with van der Waals surface area (Å²) in [6.07, 6.45) is 4.33. The Hall–Kier alpha value is -1.36. The maximum absolute atomic E-state index is 11.8. The Morgan fingerprint density at radius 3 is 2.87 bits per heavy atom. The van der Waals surface area contributed by atoms with E-state index in [1.807, 2.05) is 6.92 Å². The standard InChI is InChI=1S/C10H18N4O/c1-4-5-13(2)10(15)9(11)8-6-12-14(3)7-8/h6-7,9H,4-5,11H2,1-3H3. The van der Waals surface area contributed by atoms with Crippen molar-refractivity contribution >= 4 is 5.91 Å². The van der Waals surface area contributed by atoms with Crippen LogP contribution < -0.4 is 5.73 Å². The van der Waals surface area contributed by atoms with Gasteiger partial charge in [0.2, 0.25) is 5.91 Å². The molecular weight excluding hydrogens is 192 g/mol. The zero-order valence-electron chi connectivity index (χ0n) is 9.47. The summed E-state index contributed by atoms with van der Waals surface area (Å²) in [5.41, 5.74) is 6.59. The number of likely N-dealkylation sites (N-methyl/N-ethyl adjacent to an activating group) is 1. The predicted molar refractivity (Wildman–Crippen MR) is 58.1 cm³/mol. The molecule has 1 aromatic rings. The van der Waals surface area contributed by atoms with E-state index in [1.165, 1.54) is 0 Å². The number of rotatable bonds is 4. The minimum atomic E-state index is -0.602. The Kier molecular flexibility index (Phi) is 3.85. The lowest BCUT2D eigenvalue weighted by atomic mass is 10.1. The number of carbonyl (C=O) groups excluding carboxylic acids is 1. The number of aryl methyl sites for hydroxylation is 1. The van der Waals surface area contributed by atoms with Crippen LogP contribution >= 0.6 is 0 Å². The molecular formula is C10H18N4O. The van der Waals surface area contributed by atoms with Crippen LogP contribution in [-0.2, 0) is 11.8 Å². The molecule has 1 unspecified atom stereocenters. The summed E-state index contributed by atoms with van der Waals surface area (Å²) in [7, 11) is 3.57. The van der Waals surface area contributed by atoms with Crippen molar-refractivity contribution in [1.29, 1.82) is 0 Å². The van der Waals surface area contributed by atoms with Crippen molar-refractivity contribution in [2.24, 2.45) is 12.8 Å². The third-order valence-electron chi connectivity index (χ3n) is 2.29. The molecule has 0 spiro atoms. The van der Waals surface area contributed by atoms with Gasteiger partial charge in [0.15, 0.2) is 0 Å². The Bertz CT molecular complexity index is 334. The predicted octanol–water partition coefficient (Wildman–Crippen LogP) is 0.288. The smallest absolute Gasteiger partial charge is 0.243 e. The van der Waals surface area contributed by atoms with Gasteiger partial charge in [0, 0.05) is 32.4 Å². The SMILES string of the molecule is CCCN(C)C(=O)C(N)c1cnn(C)c1. The van der Waals surface area contributed by atoms with Gasteiger partial charge in [-0.05, 0) is 6.42 Å². The lowest BCUT2D eigenvalue weighted by Crippen LogP contribution is -2.36. The third-order valence-corrected chi connectivity index (χ3v) is 2.29. The first-order valence-corrected chi connectivity index (χ1v) is 5.05. The highest BCUT2D eigenvalue weighted by Crippen LogP contribution is 2.11. The zero-order chi connectivity index (χ0) is 11.4. The van der Waals surface area contributed by atoms with Crippen LogP contribution in [0.4, 0.5) is 0 Å². The van der Waals surface area contributed by atoms with Gasteiger partial charge in [-0.25, -0.2) is 0 Å². The Labute approximate surface area is 89.9 Å². The van der Waals surface area contributed by atoms with E-state index >= 15 is 0 Å². The van der Waals surface area contributed by atoms with Crippen LogP contribution in [-0.4, -0.2) is 34.2 Å². The maximum Gasteiger partial charge on any atom is 0.243 e. The van der Waals surface area contributed by atoms with E-state index in [0.717, 1.165) is 18.5 Å². The van der Waals surface area contributed by atoms with E-state index in [2.05, 4.69) is 5.10 Å². The van der Waals surface area contributed by atoms with Gasteiger partial charge < -0.3 is 10.6 Å². The summed E-state index contributed by atoms with van der Waals surface area (Å²) in [5, 5.41) is 3.99. The lowest BCUT2D eigenvalue weighted by molar-refractivity contribution is -0.131. The summed E-state index contributed by atoms with van der Waals surface area (Å²) in [4.78, 5) is 13.5. The van der Waals surface area contributed by atoms with Crippen LogP contribution in [0.3, 0.4) is 0 Å². The summed E-state index contributed by atoms with van der Waals surface area (Å²) in [6, 6.07) is -0.602. The number of amides is 1. The fourth-order valence-corrected chi connectivity index (χ4v) is 1.43. The molecule has 0 aliphatic heterocycles. The third kappa shape index (κ3) is 2.79. The summed E-state index contributed by atoms with van der Waals surface area (Å²) >= 11 is 0. The summed E-state index contributed by atoms with van der Waals surface area (Å²) in [6.45, 7) is 2.76. The summed E-state index contributed by atoms with van der Waals surface area (Å²) in [5.74, 6) is -0.0650. The molecule has 0 aliphatic carbocycles. The maximum atomic E-state index is 11.8. The second-order valence-corrected chi connectivity index (χ2v) is 3.68. The van der Waals surface area contributed by atoms with Gasteiger partial charge in [0.05, 0.1) is 6.20 Å². The molecule has 15 heavy (non-hydrogen) atoms. The van der Waals surface area contributed by atoms with Crippen LogP contribution in [0, 0.1) is 0 Å². The van der Waals surface area contributed by atoms with Crippen LogP contribution in [0.1, 0.15) is 24.9 Å². The molecule has 1 rings (SSSR count). The molecule has 2 N–H and O–H groups in total. The first-order chi connectivity index (χ1) is 7.06. The van der Waals surface area contributed by atoms with Gasteiger partial charge in [0.1, 0.15) is 6.04 Å². The Morgan fingerprint density at radius 2 is 2.40 bits per heavy atom. The fourth-order valence-electron chi connectivity index (χ4n) is 1.43. The summed E-state index contributed by atoms with van der Waals surface area (Å²) < 4.78 is 1.64. The number of hydrogen-bond donors (Lipinski definition) is 1. The van der Waals surface area contributed by atoms with Gasteiger partial charge >= 0.3 is 0 Å². The molecule has 0 fully saturated rings. The molecule has 5 nitrogen and oxygen atoms in total. The highest BCUT2D eigenvalue weighted by atomic mass is 16.2. The van der Waals surface area contributed by atoms with E-state index in [-0.39, 0.29) is 5.91 Å². The van der Waals surface area contributed by atoms with Crippen LogP contribution in [0.25, 0.3) is 0 Å². The second-order valence-electron chi connectivity index (χ2n) is 3.68. The normalized spacial score (nSPS) is 12.5. The molecule has 0 saturated carbocycles. The van der Waals surface area contributed by atoms with Crippen molar-refractivity contribution in [1.82, 2.24) is 14.7 Å². The van der Waals surface area contributed by atoms with Gasteiger partial charge in [-0.1, -0.05) is 6.92 Å². The molecule has 1 atom stereocenters. The molecule has 1 heterocycles. The van der Waals surface area contributed by atoms with Crippen LogP contribution in [0.2, 0.25) is 0 Å². The molecule has 0 radical (unpaired) electrons. The quantitative estimate of drug-likeness (QED) is 0.776. The van der Waals surface area contributed by atoms with Crippen LogP contribution in [0.5, 0.6) is 0 Å². The molecule has 1 aromatic heterocycles. The monoisotopic (exact) mass is 210 g/mol. The van der Waals surface area contributed by atoms with Crippen molar-refractivity contribution in [3.63, 3.8) is 0 Å². The molecule has 0 aromatic carbocycles. The number of hydrogen-bond acceptors (Lipinski definition) is 3. The van der Waals surface area contributed by atoms with Crippen molar-refractivity contribution in [3.8, 4) is 0 Å². The first kappa shape index (κ1) is 11.7. The van der Waals surface area contributed by atoms with Gasteiger partial charge in [0.25, 0.3) is 0 Å². The Balaban J connectivity index is 2.68. The highest BCUT2D eigenvalue weighted by Gasteiger charge is 2.20. The number of aromatic nitrogens is 2. The molecule has 5 heteroatoms. The second kappa shape index (κ2) is 4.93. The molecule has 0 aliphatic rings. The number of carbonyl (C=O) groups is 1. The van der Waals surface area contributed by atoms with Gasteiger partial charge in [-0.15, -0.1) is 0 Å². The number of nitrogens with zero attached hydrogens (tertiary/aromatic N) is 3.